The second-order valence-electron chi connectivity index (χ2n) is 7.16. The number of nitrogens with two attached hydrogens (primary N) is 2. The summed E-state index contributed by atoms with van der Waals surface area (Å²) in [5.74, 6) is 1.27. The summed E-state index contributed by atoms with van der Waals surface area (Å²) in [5.41, 5.74) is 12.3. The predicted molar refractivity (Wildman–Crippen MR) is 126 cm³/mol. The minimum absolute atomic E-state index is 0.0357. The third kappa shape index (κ3) is 4.31. The average molecular weight is 460 g/mol. The molecule has 10 nitrogen and oxygen atoms in total. The van der Waals surface area contributed by atoms with Crippen LogP contribution in [0.5, 0.6) is 0 Å². The maximum Gasteiger partial charge on any atom is 0.268 e. The van der Waals surface area contributed by atoms with Crippen LogP contribution in [0.3, 0.4) is 0 Å². The maximum atomic E-state index is 13.9. The summed E-state index contributed by atoms with van der Waals surface area (Å²) in [4.78, 5) is 28.6. The minimum Gasteiger partial charge on any atom is -0.383 e. The first kappa shape index (κ1) is 22.5. The molecule has 0 spiro atoms. The Kier molecular flexibility index (Phi) is 6.26. The van der Waals surface area contributed by atoms with Crippen molar-refractivity contribution in [3.05, 3.63) is 82.7 Å². The van der Waals surface area contributed by atoms with E-state index in [1.54, 1.807) is 19.1 Å². The molecule has 3 heterocycles. The molecular weight excluding hydrogens is 439 g/mol. The van der Waals surface area contributed by atoms with Crippen molar-refractivity contribution in [3.63, 3.8) is 0 Å². The second kappa shape index (κ2) is 9.45. The fraction of sp³-hybridized carbons (Fsp3) is 0.130. The highest BCUT2D eigenvalue weighted by Gasteiger charge is 2.16. The fourth-order valence-electron chi connectivity index (χ4n) is 3.35. The molecule has 0 aliphatic rings. The lowest BCUT2D eigenvalue weighted by molar-refractivity contribution is 0.425. The Bertz CT molecular complexity index is 1490. The summed E-state index contributed by atoms with van der Waals surface area (Å²) in [6, 6.07) is 13.7. The van der Waals surface area contributed by atoms with Gasteiger partial charge in [0, 0.05) is 6.42 Å². The lowest BCUT2D eigenvalue weighted by Crippen LogP contribution is -2.24. The fourth-order valence-corrected chi connectivity index (χ4v) is 3.35. The summed E-state index contributed by atoms with van der Waals surface area (Å²) in [6.45, 7) is 3.62. The van der Waals surface area contributed by atoms with Crippen LogP contribution in [0.4, 0.5) is 16.0 Å². The Hall–Kier alpha value is -4.67. The van der Waals surface area contributed by atoms with E-state index in [9.17, 15) is 9.18 Å². The lowest BCUT2D eigenvalue weighted by Gasteiger charge is -2.12. The van der Waals surface area contributed by atoms with Gasteiger partial charge in [-0.3, -0.25) is 9.36 Å². The van der Waals surface area contributed by atoms with Crippen molar-refractivity contribution >= 4 is 22.5 Å². The topological polar surface area (TPSA) is 152 Å². The highest BCUT2D eigenvalue weighted by molar-refractivity contribution is 5.78. The van der Waals surface area contributed by atoms with Crippen molar-refractivity contribution in [1.82, 2.24) is 29.7 Å². The summed E-state index contributed by atoms with van der Waals surface area (Å²) in [7, 11) is 0. The molecule has 0 saturated carbocycles. The van der Waals surface area contributed by atoms with Crippen LogP contribution in [0.25, 0.3) is 28.0 Å². The van der Waals surface area contributed by atoms with Gasteiger partial charge in [0.2, 0.25) is 0 Å². The third-order valence-electron chi connectivity index (χ3n) is 4.89. The molecule has 0 radical (unpaired) electrons. The molecule has 0 unspecified atom stereocenters. The molecule has 172 valence electrons. The molecule has 0 aliphatic carbocycles. The molecule has 11 heteroatoms. The number of nitrogens with zero attached hydrogens (tertiary/aromatic N) is 6. The van der Waals surface area contributed by atoms with E-state index < -0.39 is 5.82 Å². The number of rotatable bonds is 3. The normalized spacial score (nSPS) is 10.7. The lowest BCUT2D eigenvalue weighted by atomic mass is 10.2. The largest absolute Gasteiger partial charge is 0.383 e. The second-order valence-corrected chi connectivity index (χ2v) is 7.16. The van der Waals surface area contributed by atoms with E-state index in [4.69, 9.17) is 16.0 Å². The van der Waals surface area contributed by atoms with Gasteiger partial charge in [-0.15, -0.1) is 0 Å². The Labute approximate surface area is 193 Å². The molecule has 0 aliphatic heterocycles. The summed E-state index contributed by atoms with van der Waals surface area (Å²) in [6.07, 6.45) is 1.87. The van der Waals surface area contributed by atoms with Crippen LogP contribution in [0.2, 0.25) is 0 Å². The van der Waals surface area contributed by atoms with Crippen LogP contribution < -0.4 is 17.0 Å². The van der Waals surface area contributed by atoms with E-state index in [2.05, 4.69) is 25.1 Å². The number of nitrogen functional groups attached to an aromatic ring is 2. The number of benzene rings is 2. The Morgan fingerprint density at radius 3 is 2.32 bits per heavy atom. The van der Waals surface area contributed by atoms with Gasteiger partial charge >= 0.3 is 0 Å². The van der Waals surface area contributed by atoms with E-state index in [1.807, 2.05) is 37.3 Å². The molecule has 4 N–H and O–H groups in total. The number of hydrogen-bond acceptors (Lipinski definition) is 9. The highest BCUT2D eigenvalue weighted by Crippen LogP contribution is 2.26. The molecule has 0 amide bonds. The van der Waals surface area contributed by atoms with E-state index in [1.165, 1.54) is 17.0 Å². The van der Waals surface area contributed by atoms with Crippen molar-refractivity contribution < 1.29 is 8.91 Å². The molecule has 3 aromatic heterocycles. The van der Waals surface area contributed by atoms with E-state index in [0.29, 0.717) is 34.8 Å². The van der Waals surface area contributed by atoms with Crippen LogP contribution >= 0.6 is 0 Å². The molecule has 0 fully saturated rings. The van der Waals surface area contributed by atoms with Crippen molar-refractivity contribution in [2.45, 2.75) is 20.3 Å². The molecule has 5 aromatic rings. The van der Waals surface area contributed by atoms with Gasteiger partial charge < -0.3 is 16.0 Å². The highest BCUT2D eigenvalue weighted by atomic mass is 19.1. The van der Waals surface area contributed by atoms with Gasteiger partial charge in [0.15, 0.2) is 5.82 Å². The zero-order valence-electron chi connectivity index (χ0n) is 18.4. The molecule has 5 rings (SSSR count). The molecule has 2 aromatic carbocycles. The Morgan fingerprint density at radius 2 is 1.71 bits per heavy atom. The quantitative estimate of drug-likeness (QED) is 0.414. The molecule has 0 atom stereocenters. The van der Waals surface area contributed by atoms with Crippen LogP contribution in [0.1, 0.15) is 18.6 Å². The number of aromatic nitrogens is 6. The first-order chi connectivity index (χ1) is 16.4. The molecule has 34 heavy (non-hydrogen) atoms. The van der Waals surface area contributed by atoms with Crippen LogP contribution in [0, 0.1) is 12.7 Å². The van der Waals surface area contributed by atoms with Gasteiger partial charge in [-0.05, 0) is 31.2 Å². The smallest absolute Gasteiger partial charge is 0.268 e. The van der Waals surface area contributed by atoms with Crippen molar-refractivity contribution in [3.8, 4) is 17.1 Å². The van der Waals surface area contributed by atoms with Crippen LogP contribution in [-0.4, -0.2) is 29.7 Å². The zero-order valence-corrected chi connectivity index (χ0v) is 18.4. The SMILES string of the molecule is CCc1nc2cccc(F)c2c(=O)n1-c1ccccc1.Cc1noc(-c2c(N)ncnc2N)n1. The number of fused-ring (bicyclic) bond motifs is 1. The van der Waals surface area contributed by atoms with Gasteiger partial charge in [-0.1, -0.05) is 36.3 Å². The van der Waals surface area contributed by atoms with Gasteiger partial charge in [0.25, 0.3) is 11.4 Å². The average Bonchev–Trinajstić information content (AvgIpc) is 3.25. The predicted octanol–water partition coefficient (Wildman–Crippen LogP) is 3.09. The third-order valence-corrected chi connectivity index (χ3v) is 4.89. The van der Waals surface area contributed by atoms with E-state index in [-0.39, 0.29) is 28.5 Å². The van der Waals surface area contributed by atoms with Crippen molar-refractivity contribution in [1.29, 1.82) is 0 Å². The number of halogens is 1. The van der Waals surface area contributed by atoms with Gasteiger partial charge in [-0.25, -0.2) is 19.3 Å². The van der Waals surface area contributed by atoms with E-state index >= 15 is 0 Å². The van der Waals surface area contributed by atoms with Gasteiger partial charge in [0.1, 0.15) is 40.6 Å². The number of para-hydroxylation sites is 1. The van der Waals surface area contributed by atoms with Gasteiger partial charge in [-0.2, -0.15) is 4.98 Å². The number of aryl methyl sites for hydroxylation is 2. The molecular formula is C23H21FN8O2. The Balaban J connectivity index is 0.000000172. The molecule has 0 bridgehead atoms. The molecule has 0 saturated heterocycles. The zero-order chi connectivity index (χ0) is 24.2. The maximum absolute atomic E-state index is 13.9. The Morgan fingerprint density at radius 1 is 1.00 bits per heavy atom. The monoisotopic (exact) mass is 460 g/mol. The summed E-state index contributed by atoms with van der Waals surface area (Å²) >= 11 is 0. The summed E-state index contributed by atoms with van der Waals surface area (Å²) < 4.78 is 20.3. The summed E-state index contributed by atoms with van der Waals surface area (Å²) in [5, 5.41) is 3.66. The first-order valence-corrected chi connectivity index (χ1v) is 10.3. The standard InChI is InChI=1S/C16H13FN2O.C7H8N6O/c1-2-14-18-13-10-6-9-12(17)15(13)16(20)19(14)11-7-4-3-5-8-11;1-3-12-7(14-13-3)4-5(8)10-2-11-6(4)9/h3-10H,2H2,1H3;2H,1H3,(H4,8,9,10,11). The van der Waals surface area contributed by atoms with E-state index in [0.717, 1.165) is 0 Å². The number of anilines is 2. The van der Waals surface area contributed by atoms with Crippen LogP contribution in [0.15, 0.2) is 64.2 Å². The van der Waals surface area contributed by atoms with Crippen molar-refractivity contribution in [2.24, 2.45) is 0 Å². The van der Waals surface area contributed by atoms with Crippen LogP contribution in [-0.2, 0) is 6.42 Å². The first-order valence-electron chi connectivity index (χ1n) is 10.3. The van der Waals surface area contributed by atoms with Crippen molar-refractivity contribution in [2.75, 3.05) is 11.5 Å². The van der Waals surface area contributed by atoms with Gasteiger partial charge in [0.05, 0.1) is 11.2 Å². The minimum atomic E-state index is -0.535. The number of hydrogen-bond donors (Lipinski definition) is 2.